The molecular formula is C16H25N3O2. The Hall–Kier alpha value is -1.59. The van der Waals surface area contributed by atoms with E-state index >= 15 is 0 Å². The van der Waals surface area contributed by atoms with Crippen LogP contribution in [0.15, 0.2) is 18.2 Å². The molecule has 21 heavy (non-hydrogen) atoms. The molecule has 1 aliphatic heterocycles. The van der Waals surface area contributed by atoms with Crippen LogP contribution < -0.4 is 10.6 Å². The largest absolute Gasteiger partial charge is 0.508 e. The Labute approximate surface area is 126 Å². The molecule has 0 radical (unpaired) electrons. The number of hydrogen-bond donors (Lipinski definition) is 3. The minimum Gasteiger partial charge on any atom is -0.508 e. The Bertz CT molecular complexity index is 482. The number of carbonyl (C=O) groups is 1. The van der Waals surface area contributed by atoms with Gasteiger partial charge >= 0.3 is 0 Å². The molecule has 5 heteroatoms. The molecule has 0 aliphatic carbocycles. The summed E-state index contributed by atoms with van der Waals surface area (Å²) in [6.07, 6.45) is 2.06. The average Bonchev–Trinajstić information content (AvgIpc) is 2.49. The van der Waals surface area contributed by atoms with Gasteiger partial charge in [0.05, 0.1) is 6.54 Å². The molecule has 1 saturated heterocycles. The molecule has 1 fully saturated rings. The number of benzene rings is 1. The number of carbonyl (C=O) groups excluding carboxylic acids is 1. The summed E-state index contributed by atoms with van der Waals surface area (Å²) in [4.78, 5) is 13.5. The number of nitrogens with one attached hydrogen (secondary N) is 2. The van der Waals surface area contributed by atoms with Gasteiger partial charge in [-0.05, 0) is 25.8 Å². The van der Waals surface area contributed by atoms with E-state index in [0.717, 1.165) is 37.1 Å². The van der Waals surface area contributed by atoms with Crippen molar-refractivity contribution in [3.05, 3.63) is 29.3 Å². The van der Waals surface area contributed by atoms with Crippen LogP contribution in [0.2, 0.25) is 0 Å². The van der Waals surface area contributed by atoms with Gasteiger partial charge in [-0.25, -0.2) is 0 Å². The van der Waals surface area contributed by atoms with Gasteiger partial charge < -0.3 is 15.7 Å². The van der Waals surface area contributed by atoms with Crippen molar-refractivity contribution in [2.45, 2.75) is 32.4 Å². The van der Waals surface area contributed by atoms with Crippen molar-refractivity contribution in [1.29, 1.82) is 0 Å². The number of aromatic hydroxyl groups is 1. The molecule has 5 nitrogen and oxygen atoms in total. The molecule has 0 spiro atoms. The Morgan fingerprint density at radius 2 is 2.10 bits per heavy atom. The summed E-state index contributed by atoms with van der Waals surface area (Å²) in [6, 6.07) is 6.13. The molecule has 1 aromatic carbocycles. The third-order valence-electron chi connectivity index (χ3n) is 4.05. The molecule has 1 aliphatic rings. The lowest BCUT2D eigenvalue weighted by Gasteiger charge is -2.32. The number of phenols is 1. The number of rotatable bonds is 5. The van der Waals surface area contributed by atoms with Gasteiger partial charge in [-0.2, -0.15) is 0 Å². The Balaban J connectivity index is 1.76. The first-order valence-corrected chi connectivity index (χ1v) is 7.53. The van der Waals surface area contributed by atoms with Crippen LogP contribution in [-0.2, 0) is 11.3 Å². The van der Waals surface area contributed by atoms with E-state index in [1.54, 1.807) is 13.1 Å². The van der Waals surface area contributed by atoms with E-state index in [9.17, 15) is 9.90 Å². The van der Waals surface area contributed by atoms with E-state index in [4.69, 9.17) is 0 Å². The van der Waals surface area contributed by atoms with E-state index in [0.29, 0.717) is 24.9 Å². The third-order valence-corrected chi connectivity index (χ3v) is 4.05. The van der Waals surface area contributed by atoms with Gasteiger partial charge in [0.1, 0.15) is 5.75 Å². The minimum atomic E-state index is 0.0751. The summed E-state index contributed by atoms with van der Waals surface area (Å²) in [6.45, 7) is 5.07. The zero-order valence-corrected chi connectivity index (χ0v) is 12.9. The highest BCUT2D eigenvalue weighted by Crippen LogP contribution is 2.19. The van der Waals surface area contributed by atoms with Crippen LogP contribution in [0.3, 0.4) is 0 Å². The molecule has 0 bridgehead atoms. The van der Waals surface area contributed by atoms with Crippen molar-refractivity contribution in [2.75, 3.05) is 26.7 Å². The Kier molecular flexibility index (Phi) is 5.59. The zero-order valence-electron chi connectivity index (χ0n) is 12.9. The third kappa shape index (κ3) is 4.72. The fourth-order valence-electron chi connectivity index (χ4n) is 2.69. The average molecular weight is 291 g/mol. The lowest BCUT2D eigenvalue weighted by atomic mass is 10.0. The van der Waals surface area contributed by atoms with Crippen molar-refractivity contribution < 1.29 is 9.90 Å². The van der Waals surface area contributed by atoms with Crippen LogP contribution in [0.25, 0.3) is 0 Å². The molecule has 0 unspecified atom stereocenters. The van der Waals surface area contributed by atoms with Crippen molar-refractivity contribution >= 4 is 5.91 Å². The van der Waals surface area contributed by atoms with Gasteiger partial charge in [-0.15, -0.1) is 0 Å². The molecule has 1 aromatic rings. The Morgan fingerprint density at radius 3 is 2.76 bits per heavy atom. The van der Waals surface area contributed by atoms with Crippen LogP contribution >= 0.6 is 0 Å². The van der Waals surface area contributed by atoms with Gasteiger partial charge in [-0.3, -0.25) is 9.69 Å². The summed E-state index contributed by atoms with van der Waals surface area (Å²) in [5.41, 5.74) is 2.10. The zero-order chi connectivity index (χ0) is 15.2. The number of hydrogen-bond acceptors (Lipinski definition) is 4. The number of piperidine rings is 1. The van der Waals surface area contributed by atoms with E-state index in [2.05, 4.69) is 15.5 Å². The molecule has 116 valence electrons. The van der Waals surface area contributed by atoms with Crippen molar-refractivity contribution in [2.24, 2.45) is 0 Å². The summed E-state index contributed by atoms with van der Waals surface area (Å²) >= 11 is 0. The summed E-state index contributed by atoms with van der Waals surface area (Å²) in [7, 11) is 1.67. The summed E-state index contributed by atoms with van der Waals surface area (Å²) in [5.74, 6) is 0.427. The lowest BCUT2D eigenvalue weighted by molar-refractivity contribution is -0.122. The second-order valence-electron chi connectivity index (χ2n) is 5.74. The predicted octanol–water partition coefficient (Wildman–Crippen LogP) is 1.00. The second kappa shape index (κ2) is 7.43. The van der Waals surface area contributed by atoms with Crippen LogP contribution in [0.5, 0.6) is 5.75 Å². The molecule has 2 rings (SSSR count). The van der Waals surface area contributed by atoms with Gasteiger partial charge in [0.15, 0.2) is 0 Å². The van der Waals surface area contributed by atoms with Crippen LogP contribution in [0.4, 0.5) is 0 Å². The highest BCUT2D eigenvalue weighted by molar-refractivity contribution is 5.77. The molecule has 0 atom stereocenters. The molecular weight excluding hydrogens is 266 g/mol. The van der Waals surface area contributed by atoms with E-state index < -0.39 is 0 Å². The number of amides is 1. The number of phenolic OH excluding ortho intramolecular Hbond substituents is 1. The first-order chi connectivity index (χ1) is 10.1. The lowest BCUT2D eigenvalue weighted by Crippen LogP contribution is -2.45. The first-order valence-electron chi connectivity index (χ1n) is 7.53. The van der Waals surface area contributed by atoms with Crippen LogP contribution in [-0.4, -0.2) is 48.6 Å². The standard InChI is InChI=1S/C16H25N3O2/c1-12-3-4-15(20)13(9-12)10-18-14-5-7-19(8-6-14)11-16(21)17-2/h3-4,9,14,18,20H,5-8,10-11H2,1-2H3,(H,17,21). The first kappa shape index (κ1) is 15.8. The summed E-state index contributed by atoms with van der Waals surface area (Å²) < 4.78 is 0. The fourth-order valence-corrected chi connectivity index (χ4v) is 2.69. The normalized spacial score (nSPS) is 16.9. The fraction of sp³-hybridized carbons (Fsp3) is 0.562. The SMILES string of the molecule is CNC(=O)CN1CCC(NCc2cc(C)ccc2O)CC1. The minimum absolute atomic E-state index is 0.0751. The Morgan fingerprint density at radius 1 is 1.38 bits per heavy atom. The van der Waals surface area contributed by atoms with Gasteiger partial charge in [0.2, 0.25) is 5.91 Å². The molecule has 1 heterocycles. The van der Waals surface area contributed by atoms with Crippen molar-refractivity contribution in [1.82, 2.24) is 15.5 Å². The predicted molar refractivity (Wildman–Crippen MR) is 83.2 cm³/mol. The molecule has 1 amide bonds. The quantitative estimate of drug-likeness (QED) is 0.757. The number of likely N-dealkylation sites (tertiary alicyclic amines) is 1. The maximum Gasteiger partial charge on any atom is 0.233 e. The maximum absolute atomic E-state index is 11.3. The monoisotopic (exact) mass is 291 g/mol. The number of aryl methyl sites for hydroxylation is 1. The van der Waals surface area contributed by atoms with Gasteiger partial charge in [0.25, 0.3) is 0 Å². The van der Waals surface area contributed by atoms with Crippen molar-refractivity contribution in [3.8, 4) is 5.75 Å². The highest BCUT2D eigenvalue weighted by Gasteiger charge is 2.20. The van der Waals surface area contributed by atoms with Crippen molar-refractivity contribution in [3.63, 3.8) is 0 Å². The topological polar surface area (TPSA) is 64.6 Å². The van der Waals surface area contributed by atoms with E-state index in [-0.39, 0.29) is 5.91 Å². The van der Waals surface area contributed by atoms with Crippen LogP contribution in [0, 0.1) is 6.92 Å². The van der Waals surface area contributed by atoms with E-state index in [1.807, 2.05) is 19.1 Å². The maximum atomic E-state index is 11.3. The molecule has 0 aromatic heterocycles. The number of nitrogens with zero attached hydrogens (tertiary/aromatic N) is 1. The van der Waals surface area contributed by atoms with Crippen LogP contribution in [0.1, 0.15) is 24.0 Å². The van der Waals surface area contributed by atoms with Gasteiger partial charge in [-0.1, -0.05) is 17.7 Å². The summed E-state index contributed by atoms with van der Waals surface area (Å²) in [5, 5.41) is 16.0. The van der Waals surface area contributed by atoms with E-state index in [1.165, 1.54) is 0 Å². The smallest absolute Gasteiger partial charge is 0.233 e. The molecule has 0 saturated carbocycles. The highest BCUT2D eigenvalue weighted by atomic mass is 16.3. The number of likely N-dealkylation sites (N-methyl/N-ethyl adjacent to an activating group) is 1. The molecule has 3 N–H and O–H groups in total. The van der Waals surface area contributed by atoms with Gasteiger partial charge in [0, 0.05) is 38.3 Å². The second-order valence-corrected chi connectivity index (χ2v) is 5.74.